The fraction of sp³-hybridized carbons (Fsp3) is 0.444. The molecule has 2 N–H and O–H groups in total. The van der Waals surface area contributed by atoms with E-state index in [1.54, 1.807) is 4.68 Å². The summed E-state index contributed by atoms with van der Waals surface area (Å²) in [5.74, 6) is 0.734. The minimum absolute atomic E-state index is 0.0211. The number of amides is 1. The molecule has 5 nitrogen and oxygen atoms in total. The van der Waals surface area contributed by atoms with Crippen LogP contribution in [-0.2, 0) is 11.3 Å². The molecule has 0 radical (unpaired) electrons. The van der Waals surface area contributed by atoms with Crippen LogP contribution < -0.4 is 5.32 Å². The molecule has 23 heavy (non-hydrogen) atoms. The van der Waals surface area contributed by atoms with Gasteiger partial charge in [-0.2, -0.15) is 5.10 Å². The molecule has 1 saturated carbocycles. The van der Waals surface area contributed by atoms with Crippen LogP contribution in [0.15, 0.2) is 30.3 Å². The van der Waals surface area contributed by atoms with Crippen LogP contribution in [-0.4, -0.2) is 27.4 Å². The molecule has 0 aliphatic heterocycles. The van der Waals surface area contributed by atoms with Crippen LogP contribution in [0.2, 0.25) is 0 Å². The van der Waals surface area contributed by atoms with Gasteiger partial charge in [0.2, 0.25) is 5.91 Å². The Morgan fingerprint density at radius 3 is 2.74 bits per heavy atom. The summed E-state index contributed by atoms with van der Waals surface area (Å²) in [6.45, 7) is 6.57. The minimum atomic E-state index is -0.0211. The summed E-state index contributed by atoms with van der Waals surface area (Å²) < 4.78 is 1.66. The summed E-state index contributed by atoms with van der Waals surface area (Å²) in [6.07, 6.45) is 0.914. The molecule has 1 aliphatic rings. The molecule has 1 aromatic heterocycles. The summed E-state index contributed by atoms with van der Waals surface area (Å²) in [5, 5.41) is 16.8. The van der Waals surface area contributed by atoms with Crippen molar-refractivity contribution in [2.75, 3.05) is 11.9 Å². The topological polar surface area (TPSA) is 67.2 Å². The van der Waals surface area contributed by atoms with E-state index in [2.05, 4.69) is 24.3 Å². The van der Waals surface area contributed by atoms with E-state index in [0.717, 1.165) is 23.2 Å². The number of aliphatic hydroxyl groups excluding tert-OH is 1. The number of aryl methyl sites for hydroxylation is 1. The van der Waals surface area contributed by atoms with E-state index in [4.69, 9.17) is 0 Å². The third-order valence-electron chi connectivity index (χ3n) is 4.59. The van der Waals surface area contributed by atoms with Gasteiger partial charge in [-0.15, -0.1) is 0 Å². The summed E-state index contributed by atoms with van der Waals surface area (Å²) >= 11 is 0. The largest absolute Gasteiger partial charge is 0.394 e. The van der Waals surface area contributed by atoms with E-state index in [0.29, 0.717) is 12.4 Å². The predicted octanol–water partition coefficient (Wildman–Crippen LogP) is 2.84. The average Bonchev–Trinajstić information content (AvgIpc) is 2.97. The third-order valence-corrected chi connectivity index (χ3v) is 4.59. The number of carbonyl (C=O) groups excluding carboxylic acids is 1. The first-order valence-electron chi connectivity index (χ1n) is 7.98. The fourth-order valence-electron chi connectivity index (χ4n) is 2.90. The standard InChI is InChI=1S/C18H23N3O2/c1-12-6-4-5-7-13(12)15-10-16(21(20-15)8-9-22)19-17(23)14-11-18(14,2)3/h4-7,10,14,22H,8-9,11H2,1-3H3,(H,19,23)/t14-/m1/s1. The first-order valence-corrected chi connectivity index (χ1v) is 7.98. The van der Waals surface area contributed by atoms with Crippen LogP contribution in [0, 0.1) is 18.3 Å². The van der Waals surface area contributed by atoms with E-state index in [-0.39, 0.29) is 23.8 Å². The van der Waals surface area contributed by atoms with Crippen molar-refractivity contribution in [3.8, 4) is 11.3 Å². The summed E-state index contributed by atoms with van der Waals surface area (Å²) in [6, 6.07) is 9.88. The van der Waals surface area contributed by atoms with Crippen LogP contribution in [0.3, 0.4) is 0 Å². The summed E-state index contributed by atoms with van der Waals surface area (Å²) in [4.78, 5) is 12.3. The molecule has 1 heterocycles. The maximum absolute atomic E-state index is 12.3. The van der Waals surface area contributed by atoms with Crippen molar-refractivity contribution >= 4 is 11.7 Å². The molecule has 0 bridgehead atoms. The molecular formula is C18H23N3O2. The zero-order chi connectivity index (χ0) is 16.6. The molecule has 0 spiro atoms. The lowest BCUT2D eigenvalue weighted by Gasteiger charge is -2.08. The van der Waals surface area contributed by atoms with Gasteiger partial charge in [0, 0.05) is 17.5 Å². The highest BCUT2D eigenvalue weighted by Crippen LogP contribution is 2.52. The number of carbonyl (C=O) groups is 1. The van der Waals surface area contributed by atoms with Gasteiger partial charge in [-0.05, 0) is 24.3 Å². The number of rotatable bonds is 5. The second kappa shape index (κ2) is 5.81. The quantitative estimate of drug-likeness (QED) is 0.892. The normalized spacial score (nSPS) is 18.7. The number of hydrogen-bond acceptors (Lipinski definition) is 3. The summed E-state index contributed by atoms with van der Waals surface area (Å²) in [7, 11) is 0. The molecule has 2 aromatic rings. The van der Waals surface area contributed by atoms with Crippen LogP contribution in [0.25, 0.3) is 11.3 Å². The fourth-order valence-corrected chi connectivity index (χ4v) is 2.90. The number of hydrogen-bond donors (Lipinski definition) is 2. The monoisotopic (exact) mass is 313 g/mol. The highest BCUT2D eigenvalue weighted by atomic mass is 16.3. The number of anilines is 1. The molecule has 1 aliphatic carbocycles. The Morgan fingerprint density at radius 1 is 1.43 bits per heavy atom. The Kier molecular flexibility index (Phi) is 3.98. The Labute approximate surface area is 136 Å². The van der Waals surface area contributed by atoms with Gasteiger partial charge in [-0.3, -0.25) is 4.79 Å². The van der Waals surface area contributed by atoms with Gasteiger partial charge in [-0.1, -0.05) is 38.1 Å². The molecular weight excluding hydrogens is 290 g/mol. The number of aromatic nitrogens is 2. The molecule has 5 heteroatoms. The number of nitrogens with one attached hydrogen (secondary N) is 1. The highest BCUT2D eigenvalue weighted by molar-refractivity contribution is 5.94. The lowest BCUT2D eigenvalue weighted by atomic mass is 10.1. The van der Waals surface area contributed by atoms with Gasteiger partial charge in [-0.25, -0.2) is 4.68 Å². The smallest absolute Gasteiger partial charge is 0.229 e. The Hall–Kier alpha value is -2.14. The van der Waals surface area contributed by atoms with E-state index in [9.17, 15) is 9.90 Å². The Bertz CT molecular complexity index is 734. The molecule has 1 fully saturated rings. The Balaban J connectivity index is 1.87. The van der Waals surface area contributed by atoms with Crippen LogP contribution in [0.5, 0.6) is 0 Å². The zero-order valence-electron chi connectivity index (χ0n) is 13.8. The van der Waals surface area contributed by atoms with Crippen molar-refractivity contribution in [3.63, 3.8) is 0 Å². The molecule has 0 saturated heterocycles. The van der Waals surface area contributed by atoms with Crippen LogP contribution in [0.1, 0.15) is 25.8 Å². The highest BCUT2D eigenvalue weighted by Gasteiger charge is 2.50. The van der Waals surface area contributed by atoms with Crippen molar-refractivity contribution in [3.05, 3.63) is 35.9 Å². The zero-order valence-corrected chi connectivity index (χ0v) is 13.8. The molecule has 0 unspecified atom stereocenters. The number of nitrogens with zero attached hydrogens (tertiary/aromatic N) is 2. The van der Waals surface area contributed by atoms with Gasteiger partial charge >= 0.3 is 0 Å². The first-order chi connectivity index (χ1) is 10.9. The molecule has 1 amide bonds. The second-order valence-corrected chi connectivity index (χ2v) is 6.91. The lowest BCUT2D eigenvalue weighted by Crippen LogP contribution is -2.19. The minimum Gasteiger partial charge on any atom is -0.394 e. The molecule has 1 atom stereocenters. The van der Waals surface area contributed by atoms with Crippen molar-refractivity contribution in [1.82, 2.24) is 9.78 Å². The van der Waals surface area contributed by atoms with Gasteiger partial charge < -0.3 is 10.4 Å². The number of benzene rings is 1. The SMILES string of the molecule is Cc1ccccc1-c1cc(NC(=O)[C@H]2CC2(C)C)n(CCO)n1. The average molecular weight is 313 g/mol. The van der Waals surface area contributed by atoms with Gasteiger partial charge in [0.1, 0.15) is 5.82 Å². The third kappa shape index (κ3) is 3.15. The van der Waals surface area contributed by atoms with Crippen molar-refractivity contribution in [2.45, 2.75) is 33.7 Å². The maximum Gasteiger partial charge on any atom is 0.229 e. The van der Waals surface area contributed by atoms with Crippen molar-refractivity contribution < 1.29 is 9.90 Å². The summed E-state index contributed by atoms with van der Waals surface area (Å²) in [5.41, 5.74) is 3.06. The predicted molar refractivity (Wildman–Crippen MR) is 90.0 cm³/mol. The first kappa shape index (κ1) is 15.7. The van der Waals surface area contributed by atoms with E-state index in [1.807, 2.05) is 37.3 Å². The van der Waals surface area contributed by atoms with Gasteiger partial charge in [0.05, 0.1) is 18.8 Å². The van der Waals surface area contributed by atoms with Crippen LogP contribution in [0.4, 0.5) is 5.82 Å². The van der Waals surface area contributed by atoms with Crippen molar-refractivity contribution in [1.29, 1.82) is 0 Å². The number of aliphatic hydroxyl groups is 1. The van der Waals surface area contributed by atoms with Crippen LogP contribution >= 0.6 is 0 Å². The Morgan fingerprint density at radius 2 is 2.13 bits per heavy atom. The van der Waals surface area contributed by atoms with E-state index < -0.39 is 0 Å². The van der Waals surface area contributed by atoms with E-state index in [1.165, 1.54) is 0 Å². The van der Waals surface area contributed by atoms with Gasteiger partial charge in [0.15, 0.2) is 0 Å². The molecule has 3 rings (SSSR count). The second-order valence-electron chi connectivity index (χ2n) is 6.91. The molecule has 122 valence electrons. The maximum atomic E-state index is 12.3. The van der Waals surface area contributed by atoms with E-state index >= 15 is 0 Å². The lowest BCUT2D eigenvalue weighted by molar-refractivity contribution is -0.118. The van der Waals surface area contributed by atoms with Crippen molar-refractivity contribution in [2.24, 2.45) is 11.3 Å². The van der Waals surface area contributed by atoms with Gasteiger partial charge in [0.25, 0.3) is 0 Å². The molecule has 1 aromatic carbocycles.